The van der Waals surface area contributed by atoms with Gasteiger partial charge in [-0.2, -0.15) is 0 Å². The van der Waals surface area contributed by atoms with Gasteiger partial charge in [0.25, 0.3) is 0 Å². The maximum atomic E-state index is 11.5. The molecule has 4 aliphatic carbocycles. The predicted molar refractivity (Wildman–Crippen MR) is 97.5 cm³/mol. The molecule has 0 unspecified atom stereocenters. The van der Waals surface area contributed by atoms with Crippen LogP contribution in [0.25, 0.3) is 0 Å². The second-order valence-electron chi connectivity index (χ2n) is 9.24. The van der Waals surface area contributed by atoms with Crippen molar-refractivity contribution in [3.05, 3.63) is 35.6 Å². The van der Waals surface area contributed by atoms with Gasteiger partial charge in [-0.25, -0.2) is 0 Å². The smallest absolute Gasteiger partial charge is 0.307 e. The average molecular weight is 342 g/mol. The molecule has 2 fully saturated rings. The van der Waals surface area contributed by atoms with Gasteiger partial charge in [0.05, 0.1) is 5.60 Å². The monoisotopic (exact) mass is 342 g/mol. The van der Waals surface area contributed by atoms with Crippen LogP contribution in [0.4, 0.5) is 0 Å². The Hall–Kier alpha value is -1.35. The third kappa shape index (κ3) is 2.24. The van der Waals surface area contributed by atoms with E-state index in [2.05, 4.69) is 38.2 Å². The summed E-state index contributed by atoms with van der Waals surface area (Å²) in [6.45, 7) is 8.11. The van der Waals surface area contributed by atoms with Gasteiger partial charge in [-0.15, -0.1) is 0 Å². The maximum absolute atomic E-state index is 11.5. The number of carbonyl (C=O) groups excluding carboxylic acids is 1. The minimum atomic E-state index is -0.557. The first-order valence-corrected chi connectivity index (χ1v) is 9.69. The van der Waals surface area contributed by atoms with Crippen molar-refractivity contribution in [2.45, 2.75) is 65.4 Å². The molecule has 0 aromatic carbocycles. The van der Waals surface area contributed by atoms with Gasteiger partial charge in [0.15, 0.2) is 0 Å². The largest absolute Gasteiger partial charge is 0.431 e. The second kappa shape index (κ2) is 5.33. The number of hydrogen-bond donors (Lipinski definition) is 1. The van der Waals surface area contributed by atoms with E-state index in [9.17, 15) is 9.90 Å². The molecule has 136 valence electrons. The summed E-state index contributed by atoms with van der Waals surface area (Å²) in [6, 6.07) is 0. The van der Waals surface area contributed by atoms with Gasteiger partial charge in [0.2, 0.25) is 0 Å². The molecule has 0 radical (unpaired) electrons. The van der Waals surface area contributed by atoms with Crippen LogP contribution in [0.3, 0.4) is 0 Å². The first-order valence-electron chi connectivity index (χ1n) is 9.69. The lowest BCUT2D eigenvalue weighted by Crippen LogP contribution is -2.52. The molecule has 2 saturated carbocycles. The Kier molecular flexibility index (Phi) is 3.64. The summed E-state index contributed by atoms with van der Waals surface area (Å²) < 4.78 is 5.54. The molecular weight excluding hydrogens is 312 g/mol. The summed E-state index contributed by atoms with van der Waals surface area (Å²) in [7, 11) is 0. The fourth-order valence-electron chi connectivity index (χ4n) is 6.39. The number of rotatable bonds is 1. The molecular formula is C22H30O3. The molecule has 0 aromatic heterocycles. The Labute approximate surface area is 150 Å². The van der Waals surface area contributed by atoms with Crippen LogP contribution in [0.15, 0.2) is 35.6 Å². The lowest BCUT2D eigenvalue weighted by Gasteiger charge is -2.56. The van der Waals surface area contributed by atoms with E-state index in [1.165, 1.54) is 12.5 Å². The summed E-state index contributed by atoms with van der Waals surface area (Å²) >= 11 is 0. The second-order valence-corrected chi connectivity index (χ2v) is 9.24. The molecule has 4 aliphatic rings. The molecule has 0 aliphatic heterocycles. The number of fused-ring (bicyclic) bond motifs is 5. The Bertz CT molecular complexity index is 698. The summed E-state index contributed by atoms with van der Waals surface area (Å²) in [6.07, 6.45) is 13.9. The molecule has 3 nitrogen and oxygen atoms in total. The van der Waals surface area contributed by atoms with Crippen molar-refractivity contribution in [3.8, 4) is 0 Å². The minimum Gasteiger partial charge on any atom is -0.431 e. The van der Waals surface area contributed by atoms with E-state index in [0.717, 1.165) is 31.4 Å². The molecule has 1 N–H and O–H groups in total. The van der Waals surface area contributed by atoms with Crippen molar-refractivity contribution in [3.63, 3.8) is 0 Å². The topological polar surface area (TPSA) is 46.5 Å². The molecule has 4 rings (SSSR count). The molecule has 0 spiro atoms. The summed E-state index contributed by atoms with van der Waals surface area (Å²) in [5, 5.41) is 11.0. The van der Waals surface area contributed by atoms with E-state index < -0.39 is 5.60 Å². The fraction of sp³-hybridized carbons (Fsp3) is 0.682. The zero-order valence-corrected chi connectivity index (χ0v) is 15.8. The van der Waals surface area contributed by atoms with Crippen molar-refractivity contribution < 1.29 is 14.6 Å². The highest BCUT2D eigenvalue weighted by molar-refractivity contribution is 5.68. The number of esters is 1. The third-order valence-electron chi connectivity index (χ3n) is 8.07. The molecule has 0 saturated heterocycles. The van der Waals surface area contributed by atoms with Gasteiger partial charge >= 0.3 is 5.97 Å². The number of aliphatic hydroxyl groups is 1. The number of hydrogen-bond acceptors (Lipinski definition) is 3. The van der Waals surface area contributed by atoms with E-state index >= 15 is 0 Å². The van der Waals surface area contributed by atoms with Crippen LogP contribution >= 0.6 is 0 Å². The van der Waals surface area contributed by atoms with Crippen LogP contribution < -0.4 is 0 Å². The van der Waals surface area contributed by atoms with Crippen LogP contribution in [-0.2, 0) is 9.53 Å². The molecule has 0 aromatic rings. The van der Waals surface area contributed by atoms with Gasteiger partial charge in [0, 0.05) is 24.3 Å². The van der Waals surface area contributed by atoms with Crippen molar-refractivity contribution in [2.75, 3.05) is 0 Å². The zero-order valence-electron chi connectivity index (χ0n) is 15.8. The summed E-state index contributed by atoms with van der Waals surface area (Å²) in [4.78, 5) is 11.5. The average Bonchev–Trinajstić information content (AvgIpc) is 2.76. The highest BCUT2D eigenvalue weighted by Crippen LogP contribution is 2.65. The van der Waals surface area contributed by atoms with Crippen LogP contribution in [0.5, 0.6) is 0 Å². The molecule has 0 heterocycles. The van der Waals surface area contributed by atoms with E-state index in [1.54, 1.807) is 0 Å². The van der Waals surface area contributed by atoms with Crippen LogP contribution in [0.2, 0.25) is 0 Å². The molecule has 3 heteroatoms. The molecule has 25 heavy (non-hydrogen) atoms. The quantitative estimate of drug-likeness (QED) is 0.562. The van der Waals surface area contributed by atoms with E-state index in [0.29, 0.717) is 24.2 Å². The SMILES string of the molecule is CC(=O)OC1=C2C=C[C@@H]3[C@H](CC[C@@]4(C)[C@H]3CC[C@]4(C)O)[C@@]2(C)C=CC1. The van der Waals surface area contributed by atoms with E-state index in [4.69, 9.17) is 4.74 Å². The first-order chi connectivity index (χ1) is 11.7. The highest BCUT2D eigenvalue weighted by atomic mass is 16.5. The number of carbonyl (C=O) groups is 1. The minimum absolute atomic E-state index is 0.00712. The summed E-state index contributed by atoms with van der Waals surface area (Å²) in [5.41, 5.74) is 0.560. The van der Waals surface area contributed by atoms with Crippen molar-refractivity contribution >= 4 is 5.97 Å². The van der Waals surface area contributed by atoms with Crippen LogP contribution in [0, 0.1) is 28.6 Å². The van der Waals surface area contributed by atoms with Gasteiger partial charge in [-0.3, -0.25) is 4.79 Å². The van der Waals surface area contributed by atoms with Crippen molar-refractivity contribution in [2.24, 2.45) is 28.6 Å². The van der Waals surface area contributed by atoms with Gasteiger partial charge in [0.1, 0.15) is 5.76 Å². The summed E-state index contributed by atoms with van der Waals surface area (Å²) in [5.74, 6) is 2.12. The standard InChI is InChI=1S/C22H30O3/c1-14(23)25-19-6-5-11-20(2)16-9-12-21(3)17(10-13-22(21,4)24)15(16)7-8-18(19)20/h5,7-8,11,15-17,24H,6,9-10,12-13H2,1-4H3/t15-,16+,17+,20-,21+,22+/m1/s1. The van der Waals surface area contributed by atoms with E-state index in [-0.39, 0.29) is 16.8 Å². The number of allylic oxidation sites excluding steroid dienone is 5. The third-order valence-corrected chi connectivity index (χ3v) is 8.07. The van der Waals surface area contributed by atoms with E-state index in [1.807, 2.05) is 6.92 Å². The van der Waals surface area contributed by atoms with Crippen LogP contribution in [0.1, 0.15) is 59.8 Å². The van der Waals surface area contributed by atoms with Gasteiger partial charge < -0.3 is 9.84 Å². The molecule has 0 amide bonds. The fourth-order valence-corrected chi connectivity index (χ4v) is 6.39. The Morgan fingerprint density at radius 2 is 1.92 bits per heavy atom. The zero-order chi connectivity index (χ0) is 18.0. The Morgan fingerprint density at radius 3 is 2.64 bits per heavy atom. The highest BCUT2D eigenvalue weighted by Gasteiger charge is 2.61. The van der Waals surface area contributed by atoms with Crippen molar-refractivity contribution in [1.82, 2.24) is 0 Å². The molecule has 6 atom stereocenters. The van der Waals surface area contributed by atoms with Crippen molar-refractivity contribution in [1.29, 1.82) is 0 Å². The predicted octanol–water partition coefficient (Wildman–Crippen LogP) is 4.53. The Morgan fingerprint density at radius 1 is 1.20 bits per heavy atom. The lowest BCUT2D eigenvalue weighted by molar-refractivity contribution is -0.137. The normalized spacial score (nSPS) is 48.0. The Balaban J connectivity index is 1.76. The van der Waals surface area contributed by atoms with Crippen LogP contribution in [-0.4, -0.2) is 16.7 Å². The number of ether oxygens (including phenoxy) is 1. The van der Waals surface area contributed by atoms with Gasteiger partial charge in [-0.05, 0) is 55.8 Å². The lowest BCUT2D eigenvalue weighted by atomic mass is 9.49. The first kappa shape index (κ1) is 17.1. The maximum Gasteiger partial charge on any atom is 0.307 e. The molecule has 0 bridgehead atoms. The van der Waals surface area contributed by atoms with Gasteiger partial charge in [-0.1, -0.05) is 38.2 Å².